The Bertz CT molecular complexity index is 5460. The van der Waals surface area contributed by atoms with Gasteiger partial charge in [-0.25, -0.2) is 0 Å². The summed E-state index contributed by atoms with van der Waals surface area (Å²) < 4.78 is 31.7. The maximum absolute atomic E-state index is 8.74. The molecule has 0 amide bonds. The van der Waals surface area contributed by atoms with Crippen molar-refractivity contribution < 1.29 is 213 Å². The number of nitrogens with two attached hydrogens (primary N) is 2. The first kappa shape index (κ1) is 127. The van der Waals surface area contributed by atoms with Gasteiger partial charge in [0.25, 0.3) is 6.47 Å². The summed E-state index contributed by atoms with van der Waals surface area (Å²) in [6.07, 6.45) is 0. The van der Waals surface area contributed by atoms with Crippen molar-refractivity contribution >= 4 is 196 Å². The number of rotatable bonds is 35. The molecule has 768 valence electrons. The van der Waals surface area contributed by atoms with E-state index in [4.69, 9.17) is 118 Å². The average Bonchev–Trinajstić information content (AvgIpc) is 0.785. The fraction of sp³-hybridized carbons (Fsp3) is 0.195. The third kappa shape index (κ3) is 44.5. The quantitative estimate of drug-likeness (QED) is 0.00719. The standard InChI is InChI=1S/C20H28Cl2N6O3.4C18H15P.C14H25ClN6O3.C6H5BCl2O2.CH2O3.2Cs.Pd.H/c1-29-11-12-31-14-13-30-10-9-27-5-7-28(8-6-27)20-24-19(23)18(25-26-20)15-3-2-4-16(21)17(15)22;4*1-4-10-16(11-5-1)19(17-12-6-2-7-13-17)18-14-8-3-9-15-18;1-22-8-9-24-11-10-23-7-6-20-2-4-21(5-3-20)14-17-13(16)12(15)18-19-14;8-5-3-1-2-4(6(5)9)7(10)11;2-1-4-3;;;;/h2-4H,5-14H2,1H3,(H2,23,24,26);4*1-15H;2-11H2,1H3,(H2,16,17,19);1-3,10-11H;1,3H;;;;/q;;;;;;;;2*+1;;-1/p-1. The van der Waals surface area contributed by atoms with Crippen LogP contribution in [0, 0.1) is 0 Å². The van der Waals surface area contributed by atoms with Crippen LogP contribution in [0.15, 0.2) is 400 Å². The van der Waals surface area contributed by atoms with E-state index in [0.29, 0.717) is 104 Å². The molecule has 6 N–H and O–H groups in total. The number of carbonyl (C=O) groups is 1. The van der Waals surface area contributed by atoms with Crippen molar-refractivity contribution in [3.8, 4) is 11.3 Å². The number of nitrogen functional groups attached to an aromatic ring is 2. The largest absolute Gasteiger partial charge is 1.00 e. The van der Waals surface area contributed by atoms with E-state index in [1.54, 1.807) is 44.6 Å². The van der Waals surface area contributed by atoms with Gasteiger partial charge in [0.15, 0.2) is 16.8 Å². The molecule has 0 spiro atoms. The molecule has 149 heavy (non-hydrogen) atoms. The fourth-order valence-corrected chi connectivity index (χ4v) is 25.0. The molecule has 0 bridgehead atoms. The fourth-order valence-electron chi connectivity index (χ4n) is 14.9. The Morgan fingerprint density at radius 3 is 0.799 bits per heavy atom. The van der Waals surface area contributed by atoms with E-state index in [2.05, 4.69) is 419 Å². The summed E-state index contributed by atoms with van der Waals surface area (Å²) in [5, 5.41) is 60.5. The summed E-state index contributed by atoms with van der Waals surface area (Å²) in [5.41, 5.74) is 13.1. The number of anilines is 4. The van der Waals surface area contributed by atoms with Gasteiger partial charge in [-0.2, -0.15) is 9.97 Å². The van der Waals surface area contributed by atoms with Crippen LogP contribution in [0.3, 0.4) is 0 Å². The van der Waals surface area contributed by atoms with E-state index < -0.39 is 38.8 Å². The molecule has 2 aliphatic heterocycles. The van der Waals surface area contributed by atoms with E-state index in [0.717, 1.165) is 65.4 Å². The third-order valence-electron chi connectivity index (χ3n) is 22.1. The number of halogens is 5. The Labute approximate surface area is 1040 Å². The first-order valence-corrected chi connectivity index (χ1v) is 54.6. The molecule has 23 nitrogen and oxygen atoms in total. The Morgan fingerprint density at radius 2 is 0.564 bits per heavy atom. The summed E-state index contributed by atoms with van der Waals surface area (Å²) in [5.74, 6) is 1.53. The molecule has 14 aromatic carbocycles. The Hall–Kier alpha value is -6.67. The Morgan fingerprint density at radius 1 is 0.329 bits per heavy atom. The maximum Gasteiger partial charge on any atom is 1.00 e. The van der Waals surface area contributed by atoms with E-state index in [1.807, 2.05) is 0 Å². The minimum atomic E-state index is -1.57. The van der Waals surface area contributed by atoms with Crippen LogP contribution in [0.5, 0.6) is 0 Å². The van der Waals surface area contributed by atoms with Gasteiger partial charge in [0.1, 0.15) is 5.69 Å². The zero-order valence-electron chi connectivity index (χ0n) is 84.6. The van der Waals surface area contributed by atoms with Crippen molar-refractivity contribution in [3.05, 3.63) is 426 Å². The van der Waals surface area contributed by atoms with Crippen LogP contribution in [0.1, 0.15) is 1.43 Å². The zero-order chi connectivity index (χ0) is 103. The number of carbonyl (C=O) groups excluding carboxylic acids is 1. The van der Waals surface area contributed by atoms with Gasteiger partial charge >= 0.3 is 145 Å². The Balaban J connectivity index is 0.000000237. The molecule has 2 aliphatic rings. The molecule has 16 aromatic rings. The number of benzene rings is 14. The third-order valence-corrected chi connectivity index (χ3v) is 33.8. The van der Waals surface area contributed by atoms with Crippen LogP contribution in [0.25, 0.3) is 11.3 Å². The summed E-state index contributed by atoms with van der Waals surface area (Å²) in [4.78, 5) is 28.7. The van der Waals surface area contributed by atoms with Crippen molar-refractivity contribution in [2.45, 2.75) is 0 Å². The summed E-state index contributed by atoms with van der Waals surface area (Å²) >= 11 is 29.3. The normalized spacial score (nSPS) is 11.9. The second-order valence-corrected chi connectivity index (χ2v) is 42.7. The number of ether oxygens (including phenoxy) is 6. The molecule has 36 heteroatoms. The minimum Gasteiger partial charge on any atom is -1.00 e. The molecule has 18 rings (SSSR count). The second kappa shape index (κ2) is 75.2. The first-order chi connectivity index (χ1) is 71.6. The molecule has 2 fully saturated rings. The second-order valence-electron chi connectivity index (χ2n) is 31.9. The minimum absolute atomic E-state index is 0. The van der Waals surface area contributed by atoms with Gasteiger partial charge in [0.05, 0.1) is 86.2 Å². The van der Waals surface area contributed by atoms with Gasteiger partial charge in [-0.1, -0.05) is 446 Å². The Kier molecular flexibility index (Phi) is 64.4. The molecule has 0 aliphatic carbocycles. The van der Waals surface area contributed by atoms with Crippen LogP contribution < -0.4 is 233 Å². The van der Waals surface area contributed by atoms with Crippen molar-refractivity contribution in [2.75, 3.05) is 167 Å². The van der Waals surface area contributed by atoms with Crippen LogP contribution in [0.2, 0.25) is 25.2 Å². The van der Waals surface area contributed by atoms with Gasteiger partial charge in [0, 0.05) is 111 Å². The van der Waals surface area contributed by atoms with E-state index in [-0.39, 0.29) is 193 Å². The van der Waals surface area contributed by atoms with E-state index >= 15 is 0 Å². The summed E-state index contributed by atoms with van der Waals surface area (Å²) in [7, 11) is -0.0393. The number of hydrogen-bond donors (Lipinski definition) is 4. The summed E-state index contributed by atoms with van der Waals surface area (Å²) in [6.45, 7) is 14.6. The van der Waals surface area contributed by atoms with Crippen LogP contribution in [-0.4, -0.2) is 210 Å². The van der Waals surface area contributed by atoms with Crippen molar-refractivity contribution in [3.63, 3.8) is 0 Å². The molecule has 4 heterocycles. The molecule has 0 radical (unpaired) electrons. The molecular weight excluding hydrogens is 2390 g/mol. The number of nitrogens with zero attached hydrogens (tertiary/aromatic N) is 10. The number of piperazine rings is 2. The van der Waals surface area contributed by atoms with Crippen molar-refractivity contribution in [1.29, 1.82) is 0 Å². The average molecular weight is 2510 g/mol. The van der Waals surface area contributed by atoms with Gasteiger partial charge in [-0.3, -0.25) is 14.6 Å². The zero-order valence-corrected chi connectivity index (χ0v) is 105. The summed E-state index contributed by atoms with van der Waals surface area (Å²) in [6, 6.07) is 139. The van der Waals surface area contributed by atoms with Gasteiger partial charge in [-0.05, 0) is 107 Å². The predicted molar refractivity (Wildman–Crippen MR) is 608 cm³/mol. The van der Waals surface area contributed by atoms with Gasteiger partial charge in [-0.15, -0.1) is 20.4 Å². The molecule has 2 aromatic heterocycles. The van der Waals surface area contributed by atoms with E-state index in [9.17, 15) is 0 Å². The molecule has 0 unspecified atom stereocenters. The maximum atomic E-state index is 8.74. The monoisotopic (exact) mass is 2500 g/mol. The van der Waals surface area contributed by atoms with Crippen LogP contribution in [-0.2, 0) is 58.5 Å². The number of aromatic nitrogens is 6. The predicted octanol–water partition coefficient (Wildman–Crippen LogP) is 9.14. The molecule has 0 atom stereocenters. The smallest absolute Gasteiger partial charge is 1.00 e. The van der Waals surface area contributed by atoms with Crippen molar-refractivity contribution in [2.24, 2.45) is 0 Å². The van der Waals surface area contributed by atoms with Crippen LogP contribution in [0.4, 0.5) is 23.5 Å². The number of methoxy groups -OCH3 is 2. The van der Waals surface area contributed by atoms with Crippen LogP contribution >= 0.6 is 89.7 Å². The molecule has 0 saturated carbocycles. The van der Waals surface area contributed by atoms with Gasteiger partial charge in [0.2, 0.25) is 11.9 Å². The molecule has 2 saturated heterocycles. The van der Waals surface area contributed by atoms with E-state index in [1.165, 1.54) is 69.7 Å². The molecular formula is C113H120BCl5Cs2N12O11P4Pd. The SMILES string of the molecule is COCCOCCOCCN1CCN(c2nnc(-c3cccc(Cl)c3Cl)c(N)n2)CC1.COCCOCCOCCN1CCN(c2nnc(Cl)c(N)n2)CC1.O=CO[O-].OB(O)c1cccc(Cl)c1Cl.[Cs+].[Cs+].[H-].[Pd].c1ccc(P(c2ccccc2)c2ccccc2)cc1.c1ccc(P(c2ccccc2)c2ccccc2)cc1.c1ccc(P(c2ccccc2)c2ccccc2)cc1.c1ccc(P(c2ccccc2)c2ccccc2)cc1. The van der Waals surface area contributed by atoms with Gasteiger partial charge < -0.3 is 71.3 Å². The first-order valence-electron chi connectivity index (χ1n) is 47.3. The topological polar surface area (TPSA) is 288 Å². The van der Waals surface area contributed by atoms with Crippen molar-refractivity contribution in [1.82, 2.24) is 40.2 Å². The number of hydrogen-bond acceptors (Lipinski definition) is 23.